The Hall–Kier alpha value is -1.63. The molecule has 0 radical (unpaired) electrons. The topological polar surface area (TPSA) is 51.1 Å². The Morgan fingerprint density at radius 3 is 2.57 bits per heavy atom. The highest BCUT2D eigenvalue weighted by molar-refractivity contribution is 7.91. The van der Waals surface area contributed by atoms with Crippen LogP contribution in [0.5, 0.6) is 0 Å². The first-order valence-corrected chi connectivity index (χ1v) is 9.79. The number of aromatic nitrogens is 1. The normalized spacial score (nSPS) is 12.1. The third kappa shape index (κ3) is 3.06. The number of para-hydroxylation sites is 1. The molecule has 0 aliphatic heterocycles. The zero-order valence-electron chi connectivity index (χ0n) is 13.5. The Balaban J connectivity index is 1.78. The number of rotatable bonds is 5. The summed E-state index contributed by atoms with van der Waals surface area (Å²) >= 11 is 1.30. The van der Waals surface area contributed by atoms with Crippen LogP contribution in [-0.2, 0) is 23.5 Å². The van der Waals surface area contributed by atoms with Gasteiger partial charge in [0.2, 0.25) is 10.0 Å². The summed E-state index contributed by atoms with van der Waals surface area (Å²) in [5, 5.41) is 1.19. The van der Waals surface area contributed by atoms with Crippen LogP contribution in [0.25, 0.3) is 10.9 Å². The predicted octanol–water partition coefficient (Wildman–Crippen LogP) is 3.38. The lowest BCUT2D eigenvalue weighted by Crippen LogP contribution is -2.25. The number of sulfonamides is 1. The molecular weight excluding hydrogens is 328 g/mol. The molecule has 0 unspecified atom stereocenters. The summed E-state index contributed by atoms with van der Waals surface area (Å²) in [6, 6.07) is 11.7. The van der Waals surface area contributed by atoms with Gasteiger partial charge in [-0.3, -0.25) is 0 Å². The molecule has 6 heteroatoms. The van der Waals surface area contributed by atoms with Crippen LogP contribution < -0.4 is 4.72 Å². The Morgan fingerprint density at radius 1 is 1.13 bits per heavy atom. The average molecular weight is 348 g/mol. The predicted molar refractivity (Wildman–Crippen MR) is 95.6 cm³/mol. The maximum Gasteiger partial charge on any atom is 0.250 e. The van der Waals surface area contributed by atoms with Gasteiger partial charge in [-0.1, -0.05) is 18.2 Å². The maximum atomic E-state index is 12.3. The molecule has 0 atom stereocenters. The molecule has 4 nitrogen and oxygen atoms in total. The van der Waals surface area contributed by atoms with Gasteiger partial charge in [-0.25, -0.2) is 13.1 Å². The van der Waals surface area contributed by atoms with Gasteiger partial charge in [0.25, 0.3) is 0 Å². The highest BCUT2D eigenvalue weighted by atomic mass is 32.2. The van der Waals surface area contributed by atoms with Crippen molar-refractivity contribution >= 4 is 32.3 Å². The van der Waals surface area contributed by atoms with Crippen LogP contribution in [0.3, 0.4) is 0 Å². The first kappa shape index (κ1) is 16.2. The van der Waals surface area contributed by atoms with Crippen LogP contribution in [0.2, 0.25) is 0 Å². The lowest BCUT2D eigenvalue weighted by atomic mass is 10.1. The van der Waals surface area contributed by atoms with Crippen LogP contribution >= 0.6 is 11.3 Å². The molecule has 3 aromatic rings. The molecule has 0 spiro atoms. The van der Waals surface area contributed by atoms with Gasteiger partial charge >= 0.3 is 0 Å². The zero-order valence-corrected chi connectivity index (χ0v) is 15.1. The van der Waals surface area contributed by atoms with Gasteiger partial charge in [-0.05, 0) is 44.0 Å². The number of fused-ring (bicyclic) bond motifs is 1. The molecule has 2 aromatic heterocycles. The molecule has 1 aromatic carbocycles. The van der Waals surface area contributed by atoms with Crippen LogP contribution in [0.1, 0.15) is 16.1 Å². The van der Waals surface area contributed by atoms with Crippen LogP contribution in [0, 0.1) is 13.8 Å². The molecule has 3 rings (SSSR count). The second-order valence-electron chi connectivity index (χ2n) is 5.65. The lowest BCUT2D eigenvalue weighted by molar-refractivity contribution is 0.583. The fourth-order valence-corrected chi connectivity index (χ4v) is 5.21. The van der Waals surface area contributed by atoms with Gasteiger partial charge in [0.1, 0.15) is 4.21 Å². The smallest absolute Gasteiger partial charge is 0.250 e. The number of benzene rings is 1. The SMILES string of the molecule is Cc1ccc(S(=O)(=O)NCCc2c(C)n(C)c3ccccc23)s1. The van der Waals surface area contributed by atoms with E-state index in [2.05, 4.69) is 28.3 Å². The van der Waals surface area contributed by atoms with Crippen LogP contribution in [0.15, 0.2) is 40.6 Å². The average Bonchev–Trinajstić information content (AvgIpc) is 3.06. The van der Waals surface area contributed by atoms with Gasteiger partial charge in [0.05, 0.1) is 0 Å². The fraction of sp³-hybridized carbons (Fsp3) is 0.294. The first-order chi connectivity index (χ1) is 10.9. The van der Waals surface area contributed by atoms with Crippen molar-refractivity contribution in [2.45, 2.75) is 24.5 Å². The summed E-state index contributed by atoms with van der Waals surface area (Å²) in [5.74, 6) is 0. The third-order valence-corrected chi connectivity index (χ3v) is 7.13. The van der Waals surface area contributed by atoms with E-state index in [1.54, 1.807) is 6.07 Å². The van der Waals surface area contributed by atoms with Crippen molar-refractivity contribution in [2.75, 3.05) is 6.54 Å². The van der Waals surface area contributed by atoms with Crippen molar-refractivity contribution < 1.29 is 8.42 Å². The van der Waals surface area contributed by atoms with Crippen LogP contribution in [0.4, 0.5) is 0 Å². The highest BCUT2D eigenvalue weighted by Gasteiger charge is 2.17. The van der Waals surface area contributed by atoms with Crippen molar-refractivity contribution in [1.29, 1.82) is 0 Å². The molecule has 0 fully saturated rings. The maximum absolute atomic E-state index is 12.3. The fourth-order valence-electron chi connectivity index (χ4n) is 2.85. The number of nitrogens with one attached hydrogen (secondary N) is 1. The van der Waals surface area contributed by atoms with Crippen molar-refractivity contribution in [3.63, 3.8) is 0 Å². The van der Waals surface area contributed by atoms with Crippen molar-refractivity contribution in [1.82, 2.24) is 9.29 Å². The van der Waals surface area contributed by atoms with E-state index < -0.39 is 10.0 Å². The van der Waals surface area contributed by atoms with E-state index in [1.165, 1.54) is 33.5 Å². The van der Waals surface area contributed by atoms with Gasteiger partial charge in [-0.2, -0.15) is 0 Å². The molecule has 0 aliphatic rings. The molecular formula is C17H20N2O2S2. The summed E-state index contributed by atoms with van der Waals surface area (Å²) in [4.78, 5) is 0.996. The summed E-state index contributed by atoms with van der Waals surface area (Å²) < 4.78 is 29.8. The Kier molecular flexibility index (Phi) is 4.31. The van der Waals surface area contributed by atoms with Crippen LogP contribution in [-0.4, -0.2) is 19.5 Å². The van der Waals surface area contributed by atoms with Crippen molar-refractivity contribution in [2.24, 2.45) is 7.05 Å². The van der Waals surface area contributed by atoms with E-state index in [9.17, 15) is 8.42 Å². The Morgan fingerprint density at radius 2 is 1.87 bits per heavy atom. The molecule has 2 heterocycles. The largest absolute Gasteiger partial charge is 0.348 e. The van der Waals surface area contributed by atoms with E-state index >= 15 is 0 Å². The Labute approximate surface area is 140 Å². The number of aryl methyl sites for hydroxylation is 2. The quantitative estimate of drug-likeness (QED) is 0.768. The van der Waals surface area contributed by atoms with Gasteiger partial charge in [-0.15, -0.1) is 11.3 Å². The summed E-state index contributed by atoms with van der Waals surface area (Å²) in [6.45, 7) is 4.38. The number of nitrogens with zero attached hydrogens (tertiary/aromatic N) is 1. The highest BCUT2D eigenvalue weighted by Crippen LogP contribution is 2.25. The molecule has 0 saturated carbocycles. The molecule has 1 N–H and O–H groups in total. The van der Waals surface area contributed by atoms with Gasteiger partial charge in [0, 0.05) is 35.1 Å². The monoisotopic (exact) mass is 348 g/mol. The van der Waals surface area contributed by atoms with Gasteiger partial charge in [0.15, 0.2) is 0 Å². The second kappa shape index (κ2) is 6.11. The molecule has 23 heavy (non-hydrogen) atoms. The van der Waals surface area contributed by atoms with E-state index in [4.69, 9.17) is 0 Å². The molecule has 0 amide bonds. The Bertz CT molecular complexity index is 952. The minimum Gasteiger partial charge on any atom is -0.348 e. The zero-order chi connectivity index (χ0) is 16.6. The lowest BCUT2D eigenvalue weighted by Gasteiger charge is -2.06. The molecule has 0 saturated heterocycles. The van der Waals surface area contributed by atoms with Gasteiger partial charge < -0.3 is 4.57 Å². The minimum absolute atomic E-state index is 0.379. The van der Waals surface area contributed by atoms with E-state index in [0.29, 0.717) is 17.2 Å². The molecule has 122 valence electrons. The van der Waals surface area contributed by atoms with E-state index in [1.807, 2.05) is 32.2 Å². The standard InChI is InChI=1S/C17H20N2O2S2/c1-12-8-9-17(22-12)23(20,21)18-11-10-14-13(2)19(3)16-7-5-4-6-15(14)16/h4-9,18H,10-11H2,1-3H3. The van der Waals surface area contributed by atoms with Crippen molar-refractivity contribution in [3.8, 4) is 0 Å². The molecule has 0 bridgehead atoms. The third-order valence-electron chi connectivity index (χ3n) is 4.18. The second-order valence-corrected chi connectivity index (χ2v) is 8.93. The van der Waals surface area contributed by atoms with E-state index in [-0.39, 0.29) is 0 Å². The molecule has 0 aliphatic carbocycles. The summed E-state index contributed by atoms with van der Waals surface area (Å²) in [5.41, 5.74) is 3.56. The number of hydrogen-bond acceptors (Lipinski definition) is 3. The summed E-state index contributed by atoms with van der Waals surface area (Å²) in [6.07, 6.45) is 0.677. The number of hydrogen-bond donors (Lipinski definition) is 1. The van der Waals surface area contributed by atoms with E-state index in [0.717, 1.165) is 4.88 Å². The first-order valence-electron chi connectivity index (χ1n) is 7.49. The minimum atomic E-state index is -3.41. The van der Waals surface area contributed by atoms with Crippen molar-refractivity contribution in [3.05, 3.63) is 52.5 Å². The summed E-state index contributed by atoms with van der Waals surface area (Å²) in [7, 11) is -1.37. The number of thiophene rings is 1.